The Morgan fingerprint density at radius 1 is 1.40 bits per heavy atom. The van der Waals surface area contributed by atoms with Crippen molar-refractivity contribution in [2.75, 3.05) is 13.7 Å². The smallest absolute Gasteiger partial charge is 0.416 e. The van der Waals surface area contributed by atoms with Gasteiger partial charge in [0.05, 0.1) is 12.0 Å². The maximum Gasteiger partial charge on any atom is 0.416 e. The van der Waals surface area contributed by atoms with Crippen molar-refractivity contribution in [1.29, 1.82) is 0 Å². The number of carbonyl (C=O) groups is 2. The van der Waals surface area contributed by atoms with Gasteiger partial charge in [-0.3, -0.25) is 10.1 Å². The highest BCUT2D eigenvalue weighted by Crippen LogP contribution is 2.35. The second-order valence-electron chi connectivity index (χ2n) is 4.19. The Kier molecular flexibility index (Phi) is 3.55. The Bertz CT molecular complexity index is 546. The van der Waals surface area contributed by atoms with Crippen molar-refractivity contribution in [2.24, 2.45) is 0 Å². The lowest BCUT2D eigenvalue weighted by atomic mass is 10.2. The normalized spacial score (nSPS) is 20.1. The summed E-state index contributed by atoms with van der Waals surface area (Å²) in [5, 5.41) is 10.9. The van der Waals surface area contributed by atoms with Gasteiger partial charge < -0.3 is 9.47 Å². The fourth-order valence-electron chi connectivity index (χ4n) is 1.77. The minimum Gasteiger partial charge on any atom is -0.462 e. The van der Waals surface area contributed by atoms with Crippen molar-refractivity contribution in [3.8, 4) is 0 Å². The summed E-state index contributed by atoms with van der Waals surface area (Å²) in [6.07, 6.45) is -0.920. The number of hydrogen-bond acceptors (Lipinski definition) is 6. The molecule has 1 aromatic rings. The van der Waals surface area contributed by atoms with Gasteiger partial charge in [0.15, 0.2) is 0 Å². The van der Waals surface area contributed by atoms with Crippen LogP contribution in [0.1, 0.15) is 5.56 Å². The van der Waals surface area contributed by atoms with Crippen molar-refractivity contribution in [2.45, 2.75) is 12.3 Å². The van der Waals surface area contributed by atoms with Gasteiger partial charge in [0.25, 0.3) is 0 Å². The monoisotopic (exact) mass is 280 g/mol. The lowest BCUT2D eigenvalue weighted by Crippen LogP contribution is -2.40. The summed E-state index contributed by atoms with van der Waals surface area (Å²) in [5.41, 5.74) is -1.39. The highest BCUT2D eigenvalue weighted by Gasteiger charge is 2.75. The van der Waals surface area contributed by atoms with Crippen molar-refractivity contribution in [3.05, 3.63) is 46.0 Å². The molecule has 106 valence electrons. The van der Waals surface area contributed by atoms with Crippen LogP contribution in [0.2, 0.25) is 0 Å². The van der Waals surface area contributed by atoms with E-state index < -0.39 is 22.6 Å². The highest BCUT2D eigenvalue weighted by atomic mass is 16.7. The predicted octanol–water partition coefficient (Wildman–Crippen LogP) is 0.785. The molecule has 8 heteroatoms. The molecule has 1 saturated heterocycles. The fraction of sp³-hybridized carbons (Fsp3) is 0.333. The van der Waals surface area contributed by atoms with Crippen molar-refractivity contribution in [3.63, 3.8) is 0 Å². The quantitative estimate of drug-likeness (QED) is 0.350. The molecule has 1 heterocycles. The molecule has 1 amide bonds. The second kappa shape index (κ2) is 5.16. The SMILES string of the molecule is COC(=O)C1([N+](=O)[O-])CN1C(=O)OCc1ccccc1. The first kappa shape index (κ1) is 13.8. The molecule has 0 radical (unpaired) electrons. The summed E-state index contributed by atoms with van der Waals surface area (Å²) in [6.45, 7) is -0.370. The minimum absolute atomic E-state index is 0.0227. The summed E-state index contributed by atoms with van der Waals surface area (Å²) < 4.78 is 9.28. The van der Waals surface area contributed by atoms with Gasteiger partial charge in [-0.2, -0.15) is 0 Å². The van der Waals surface area contributed by atoms with Gasteiger partial charge >= 0.3 is 17.7 Å². The lowest BCUT2D eigenvalue weighted by molar-refractivity contribution is -0.534. The number of methoxy groups -OCH3 is 1. The third-order valence-corrected chi connectivity index (χ3v) is 2.96. The molecule has 1 fully saturated rings. The number of rotatable bonds is 4. The molecule has 1 aliphatic heterocycles. The Balaban J connectivity index is 1.98. The summed E-state index contributed by atoms with van der Waals surface area (Å²) in [6, 6.07) is 8.85. The van der Waals surface area contributed by atoms with E-state index in [0.717, 1.165) is 17.6 Å². The third kappa shape index (κ3) is 2.27. The standard InChI is InChI=1S/C12H12N2O6/c1-19-10(15)12(14(17)18)8-13(12)11(16)20-7-9-5-3-2-4-6-9/h2-6H,7-8H2,1H3. The van der Waals surface area contributed by atoms with Crippen LogP contribution in [-0.2, 0) is 20.9 Å². The average molecular weight is 280 g/mol. The molecule has 0 spiro atoms. The summed E-state index contributed by atoms with van der Waals surface area (Å²) in [5.74, 6) is -1.08. The Morgan fingerprint density at radius 3 is 2.60 bits per heavy atom. The van der Waals surface area contributed by atoms with E-state index in [4.69, 9.17) is 4.74 Å². The van der Waals surface area contributed by atoms with Crippen molar-refractivity contribution >= 4 is 12.1 Å². The number of hydrogen-bond donors (Lipinski definition) is 0. The second-order valence-corrected chi connectivity index (χ2v) is 4.19. The number of nitro groups is 1. The maximum atomic E-state index is 11.7. The first-order chi connectivity index (χ1) is 9.52. The molecule has 20 heavy (non-hydrogen) atoms. The molecule has 0 N–H and O–H groups in total. The van der Waals surface area contributed by atoms with Crippen LogP contribution in [0.5, 0.6) is 0 Å². The van der Waals surface area contributed by atoms with Gasteiger partial charge in [-0.15, -0.1) is 0 Å². The molecule has 1 aliphatic rings. The van der Waals surface area contributed by atoms with Gasteiger partial charge in [0.2, 0.25) is 0 Å². The first-order valence-electron chi connectivity index (χ1n) is 5.73. The number of ether oxygens (including phenoxy) is 2. The van der Waals surface area contributed by atoms with Gasteiger partial charge in [0.1, 0.15) is 13.2 Å². The summed E-state index contributed by atoms with van der Waals surface area (Å²) in [7, 11) is 1.03. The Labute approximate surface area is 114 Å². The van der Waals surface area contributed by atoms with Crippen LogP contribution in [0.15, 0.2) is 30.3 Å². The van der Waals surface area contributed by atoms with Gasteiger partial charge in [0, 0.05) is 0 Å². The zero-order valence-corrected chi connectivity index (χ0v) is 10.6. The lowest BCUT2D eigenvalue weighted by Gasteiger charge is -2.08. The number of amides is 1. The molecule has 0 saturated carbocycles. The van der Waals surface area contributed by atoms with Crippen LogP contribution in [0.3, 0.4) is 0 Å². The van der Waals surface area contributed by atoms with E-state index in [9.17, 15) is 19.7 Å². The topological polar surface area (TPSA) is 98.8 Å². The van der Waals surface area contributed by atoms with Crippen LogP contribution < -0.4 is 0 Å². The zero-order valence-electron chi connectivity index (χ0n) is 10.6. The summed E-state index contributed by atoms with van der Waals surface area (Å²) >= 11 is 0. The number of nitrogens with zero attached hydrogens (tertiary/aromatic N) is 2. The molecule has 0 aliphatic carbocycles. The number of esters is 1. The van der Waals surface area contributed by atoms with E-state index in [1.165, 1.54) is 0 Å². The molecular weight excluding hydrogens is 268 g/mol. The number of benzene rings is 1. The minimum atomic E-state index is -2.14. The van der Waals surface area contributed by atoms with Gasteiger partial charge in [-0.1, -0.05) is 30.3 Å². The molecule has 1 atom stereocenters. The maximum absolute atomic E-state index is 11.7. The van der Waals surface area contributed by atoms with Crippen molar-refractivity contribution in [1.82, 2.24) is 4.90 Å². The average Bonchev–Trinajstić information content (AvgIpc) is 3.22. The van der Waals surface area contributed by atoms with Crippen LogP contribution in [0, 0.1) is 10.1 Å². The molecule has 2 rings (SSSR count). The van der Waals surface area contributed by atoms with Gasteiger partial charge in [-0.25, -0.2) is 14.5 Å². The first-order valence-corrected chi connectivity index (χ1v) is 5.73. The highest BCUT2D eigenvalue weighted by molar-refractivity contribution is 5.89. The zero-order chi connectivity index (χ0) is 14.8. The van der Waals surface area contributed by atoms with Crippen LogP contribution >= 0.6 is 0 Å². The van der Waals surface area contributed by atoms with E-state index in [1.807, 2.05) is 6.07 Å². The third-order valence-electron chi connectivity index (χ3n) is 2.96. The molecule has 0 aromatic heterocycles. The molecule has 0 bridgehead atoms. The van der Waals surface area contributed by atoms with E-state index in [0.29, 0.717) is 0 Å². The molecular formula is C12H12N2O6. The fourth-order valence-corrected chi connectivity index (χ4v) is 1.77. The van der Waals surface area contributed by atoms with Gasteiger partial charge in [-0.05, 0) is 5.56 Å². The number of carbonyl (C=O) groups excluding carboxylic acids is 2. The van der Waals surface area contributed by atoms with Crippen molar-refractivity contribution < 1.29 is 24.0 Å². The Morgan fingerprint density at radius 2 is 2.05 bits per heavy atom. The van der Waals surface area contributed by atoms with Crippen LogP contribution in [0.4, 0.5) is 4.79 Å². The summed E-state index contributed by atoms with van der Waals surface area (Å²) in [4.78, 5) is 33.9. The van der Waals surface area contributed by atoms with E-state index in [1.54, 1.807) is 24.3 Å². The Hall–Kier alpha value is -2.64. The molecule has 1 unspecified atom stereocenters. The van der Waals surface area contributed by atoms with E-state index >= 15 is 0 Å². The largest absolute Gasteiger partial charge is 0.462 e. The molecule has 8 nitrogen and oxygen atoms in total. The van der Waals surface area contributed by atoms with Crippen LogP contribution in [-0.4, -0.2) is 41.2 Å². The predicted molar refractivity (Wildman–Crippen MR) is 65.1 cm³/mol. The van der Waals surface area contributed by atoms with Crippen LogP contribution in [0.25, 0.3) is 0 Å². The molecule has 1 aromatic carbocycles. The van der Waals surface area contributed by atoms with E-state index in [-0.39, 0.29) is 13.2 Å². The van der Waals surface area contributed by atoms with E-state index in [2.05, 4.69) is 4.74 Å².